The van der Waals surface area contributed by atoms with E-state index >= 15 is 0 Å². The molecule has 0 bridgehead atoms. The monoisotopic (exact) mass is 291 g/mol. The van der Waals surface area contributed by atoms with Crippen molar-refractivity contribution in [2.24, 2.45) is 0 Å². The van der Waals surface area contributed by atoms with Crippen molar-refractivity contribution in [1.82, 2.24) is 5.32 Å². The number of benzene rings is 1. The van der Waals surface area contributed by atoms with Crippen LogP contribution < -0.4 is 10.1 Å². The van der Waals surface area contributed by atoms with Crippen molar-refractivity contribution in [2.45, 2.75) is 64.7 Å². The fraction of sp³-hybridized carbons (Fsp3) is 0.588. The number of amides is 1. The minimum Gasteiger partial charge on any atom is -0.491 e. The van der Waals surface area contributed by atoms with Gasteiger partial charge in [0, 0.05) is 12.0 Å². The Morgan fingerprint density at radius 2 is 1.86 bits per heavy atom. The van der Waals surface area contributed by atoms with Crippen molar-refractivity contribution >= 4 is 6.09 Å². The van der Waals surface area contributed by atoms with Crippen LogP contribution in [0.3, 0.4) is 0 Å². The molecule has 0 saturated heterocycles. The van der Waals surface area contributed by atoms with Gasteiger partial charge in [0.25, 0.3) is 0 Å². The lowest BCUT2D eigenvalue weighted by atomic mass is 10.1. The minimum absolute atomic E-state index is 0.178. The zero-order valence-corrected chi connectivity index (χ0v) is 13.5. The molecule has 1 aliphatic carbocycles. The molecule has 1 amide bonds. The van der Waals surface area contributed by atoms with Gasteiger partial charge in [0.1, 0.15) is 11.4 Å². The van der Waals surface area contributed by atoms with Crippen LogP contribution in [0.15, 0.2) is 24.3 Å². The van der Waals surface area contributed by atoms with E-state index in [2.05, 4.69) is 17.4 Å². The highest BCUT2D eigenvalue weighted by molar-refractivity contribution is 5.69. The van der Waals surface area contributed by atoms with Crippen LogP contribution >= 0.6 is 0 Å². The molecule has 0 aromatic heterocycles. The molecule has 1 aromatic rings. The summed E-state index contributed by atoms with van der Waals surface area (Å²) in [5.41, 5.74) is 0.775. The van der Waals surface area contributed by atoms with Gasteiger partial charge in [0.15, 0.2) is 0 Å². The maximum atomic E-state index is 11.7. The third kappa shape index (κ3) is 4.96. The van der Waals surface area contributed by atoms with Crippen LogP contribution in [0.5, 0.6) is 5.75 Å². The first-order chi connectivity index (χ1) is 9.74. The Hall–Kier alpha value is -1.71. The number of nitrogens with one attached hydrogen (secondary N) is 1. The molecule has 1 fully saturated rings. The van der Waals surface area contributed by atoms with Crippen molar-refractivity contribution in [3.05, 3.63) is 29.8 Å². The van der Waals surface area contributed by atoms with E-state index < -0.39 is 5.60 Å². The van der Waals surface area contributed by atoms with E-state index in [0.717, 1.165) is 12.2 Å². The summed E-state index contributed by atoms with van der Waals surface area (Å²) >= 11 is 0. The molecule has 1 aliphatic rings. The van der Waals surface area contributed by atoms with Gasteiger partial charge in [-0.1, -0.05) is 12.1 Å². The molecule has 1 N–H and O–H groups in total. The fourth-order valence-electron chi connectivity index (χ4n) is 2.25. The second kappa shape index (κ2) is 5.96. The standard InChI is InChI=1S/C17H25NO3/c1-11(2)20-13-8-6-12(7-9-13)14-10-15(14)18-16(19)21-17(3,4)5/h6-9,11,14-15H,10H2,1-5H3,(H,18,19). The molecule has 0 heterocycles. The first-order valence-corrected chi connectivity index (χ1v) is 7.51. The van der Waals surface area contributed by atoms with Crippen LogP contribution in [-0.4, -0.2) is 23.8 Å². The van der Waals surface area contributed by atoms with E-state index in [1.807, 2.05) is 46.8 Å². The van der Waals surface area contributed by atoms with Crippen molar-refractivity contribution in [3.8, 4) is 5.75 Å². The van der Waals surface area contributed by atoms with Gasteiger partial charge >= 0.3 is 6.09 Å². The summed E-state index contributed by atoms with van der Waals surface area (Å²) < 4.78 is 10.9. The second-order valence-electron chi connectivity index (χ2n) is 6.83. The summed E-state index contributed by atoms with van der Waals surface area (Å²) in [6.07, 6.45) is 0.803. The van der Waals surface area contributed by atoms with Gasteiger partial charge in [-0.05, 0) is 58.7 Å². The first kappa shape index (κ1) is 15.7. The number of hydrogen-bond donors (Lipinski definition) is 1. The molecule has 0 spiro atoms. The summed E-state index contributed by atoms with van der Waals surface area (Å²) in [7, 11) is 0. The summed E-state index contributed by atoms with van der Waals surface area (Å²) in [6.45, 7) is 9.62. The highest BCUT2D eigenvalue weighted by Crippen LogP contribution is 2.41. The van der Waals surface area contributed by atoms with Gasteiger partial charge in [-0.25, -0.2) is 4.79 Å². The Bertz CT molecular complexity index is 488. The van der Waals surface area contributed by atoms with Gasteiger partial charge < -0.3 is 14.8 Å². The third-order valence-corrected chi connectivity index (χ3v) is 3.17. The summed E-state index contributed by atoms with van der Waals surface area (Å²) in [6, 6.07) is 8.28. The number of hydrogen-bond acceptors (Lipinski definition) is 3. The summed E-state index contributed by atoms with van der Waals surface area (Å²) in [5, 5.41) is 2.91. The fourth-order valence-corrected chi connectivity index (χ4v) is 2.25. The maximum Gasteiger partial charge on any atom is 0.407 e. The quantitative estimate of drug-likeness (QED) is 0.916. The van der Waals surface area contributed by atoms with Crippen molar-refractivity contribution in [3.63, 3.8) is 0 Å². The zero-order chi connectivity index (χ0) is 15.6. The third-order valence-electron chi connectivity index (χ3n) is 3.17. The van der Waals surface area contributed by atoms with E-state index in [-0.39, 0.29) is 18.2 Å². The number of carbonyl (C=O) groups is 1. The smallest absolute Gasteiger partial charge is 0.407 e. The van der Waals surface area contributed by atoms with Crippen molar-refractivity contribution < 1.29 is 14.3 Å². The molecule has 1 saturated carbocycles. The van der Waals surface area contributed by atoms with Crippen LogP contribution in [0.25, 0.3) is 0 Å². The topological polar surface area (TPSA) is 47.6 Å². The lowest BCUT2D eigenvalue weighted by molar-refractivity contribution is 0.0523. The van der Waals surface area contributed by atoms with E-state index in [1.165, 1.54) is 5.56 Å². The minimum atomic E-state index is -0.454. The first-order valence-electron chi connectivity index (χ1n) is 7.51. The van der Waals surface area contributed by atoms with E-state index in [9.17, 15) is 4.79 Å². The molecule has 0 radical (unpaired) electrons. The van der Waals surface area contributed by atoms with Gasteiger partial charge in [-0.2, -0.15) is 0 Å². The largest absolute Gasteiger partial charge is 0.491 e. The zero-order valence-electron chi connectivity index (χ0n) is 13.5. The average molecular weight is 291 g/mol. The van der Waals surface area contributed by atoms with E-state index in [4.69, 9.17) is 9.47 Å². The van der Waals surface area contributed by atoms with Crippen LogP contribution in [0, 0.1) is 0 Å². The predicted octanol–water partition coefficient (Wildman–Crippen LogP) is 3.85. The van der Waals surface area contributed by atoms with Gasteiger partial charge in [-0.3, -0.25) is 0 Å². The second-order valence-corrected chi connectivity index (χ2v) is 6.83. The molecule has 4 heteroatoms. The number of ether oxygens (including phenoxy) is 2. The van der Waals surface area contributed by atoms with Crippen LogP contribution in [0.1, 0.15) is 52.5 Å². The Kier molecular flexibility index (Phi) is 4.45. The van der Waals surface area contributed by atoms with Crippen LogP contribution in [0.2, 0.25) is 0 Å². The molecule has 1 aromatic carbocycles. The maximum absolute atomic E-state index is 11.7. The molecule has 0 aliphatic heterocycles. The SMILES string of the molecule is CC(C)Oc1ccc(C2CC2NC(=O)OC(C)(C)C)cc1. The molecular weight excluding hydrogens is 266 g/mol. The Labute approximate surface area is 126 Å². The number of rotatable bonds is 4. The highest BCUT2D eigenvalue weighted by atomic mass is 16.6. The summed E-state index contributed by atoms with van der Waals surface area (Å²) in [5.74, 6) is 1.26. The van der Waals surface area contributed by atoms with Crippen molar-refractivity contribution in [2.75, 3.05) is 0 Å². The lowest BCUT2D eigenvalue weighted by Crippen LogP contribution is -2.34. The molecule has 4 nitrogen and oxygen atoms in total. The Balaban J connectivity index is 1.84. The van der Waals surface area contributed by atoms with Crippen LogP contribution in [0.4, 0.5) is 4.79 Å². The lowest BCUT2D eigenvalue weighted by Gasteiger charge is -2.19. The Morgan fingerprint density at radius 1 is 1.24 bits per heavy atom. The molecule has 2 atom stereocenters. The normalized spacial score (nSPS) is 21.0. The van der Waals surface area contributed by atoms with Gasteiger partial charge in [-0.15, -0.1) is 0 Å². The summed E-state index contributed by atoms with van der Waals surface area (Å²) in [4.78, 5) is 11.7. The highest BCUT2D eigenvalue weighted by Gasteiger charge is 2.40. The molecule has 21 heavy (non-hydrogen) atoms. The van der Waals surface area contributed by atoms with E-state index in [0.29, 0.717) is 5.92 Å². The predicted molar refractivity (Wildman–Crippen MR) is 82.7 cm³/mol. The molecule has 2 unspecified atom stereocenters. The van der Waals surface area contributed by atoms with Gasteiger partial charge in [0.2, 0.25) is 0 Å². The van der Waals surface area contributed by atoms with Crippen LogP contribution in [-0.2, 0) is 4.74 Å². The van der Waals surface area contributed by atoms with E-state index in [1.54, 1.807) is 0 Å². The molecule has 116 valence electrons. The molecular formula is C17H25NO3. The average Bonchev–Trinajstić information content (AvgIpc) is 3.05. The Morgan fingerprint density at radius 3 is 2.38 bits per heavy atom. The number of alkyl carbamates (subject to hydrolysis) is 1. The van der Waals surface area contributed by atoms with Crippen molar-refractivity contribution in [1.29, 1.82) is 0 Å². The number of carbonyl (C=O) groups excluding carboxylic acids is 1. The van der Waals surface area contributed by atoms with Gasteiger partial charge in [0.05, 0.1) is 6.10 Å². The molecule has 2 rings (SSSR count).